The Kier molecular flexibility index (Phi) is 4.03. The van der Waals surface area contributed by atoms with Crippen molar-refractivity contribution < 1.29 is 0 Å². The Balaban J connectivity index is 2.67. The molecule has 2 aromatic carbocycles. The van der Waals surface area contributed by atoms with E-state index in [1.165, 1.54) is 0 Å². The Bertz CT molecular complexity index is 698. The third-order valence-electron chi connectivity index (χ3n) is 3.14. The minimum absolute atomic E-state index is 0.849. The predicted octanol–water partition coefficient (Wildman–Crippen LogP) is 5.26. The lowest BCUT2D eigenvalue weighted by molar-refractivity contribution is 1.55. The molecular formula is C20H16. The molecule has 0 atom stereocenters. The van der Waals surface area contributed by atoms with Gasteiger partial charge in [0.05, 0.1) is 0 Å². The van der Waals surface area contributed by atoms with Gasteiger partial charge in [-0.25, -0.2) is 0 Å². The van der Waals surface area contributed by atoms with Crippen molar-refractivity contribution in [1.82, 2.24) is 0 Å². The minimum Gasteiger partial charge on any atom is -0.115 e. The Morgan fingerprint density at radius 1 is 0.700 bits per heavy atom. The van der Waals surface area contributed by atoms with Crippen LogP contribution in [0.25, 0.3) is 29.4 Å². The highest BCUT2D eigenvalue weighted by Crippen LogP contribution is 2.26. The molecule has 0 heterocycles. The summed E-state index contributed by atoms with van der Waals surface area (Å²) in [5.41, 5.74) is 6.15. The van der Waals surface area contributed by atoms with Gasteiger partial charge in [0.25, 0.3) is 0 Å². The highest BCUT2D eigenvalue weighted by Gasteiger charge is 2.03. The van der Waals surface area contributed by atoms with Gasteiger partial charge < -0.3 is 0 Å². The fraction of sp³-hybridized carbons (Fsp3) is 0. The van der Waals surface area contributed by atoms with Gasteiger partial charge in [0.1, 0.15) is 0 Å². The van der Waals surface area contributed by atoms with Crippen molar-refractivity contribution in [3.8, 4) is 23.5 Å². The van der Waals surface area contributed by atoms with Gasteiger partial charge in [-0.1, -0.05) is 43.9 Å². The van der Waals surface area contributed by atoms with Crippen LogP contribution < -0.4 is 0 Å². The van der Waals surface area contributed by atoms with Crippen LogP contribution >= 0.6 is 0 Å². The maximum atomic E-state index is 5.52. The van der Waals surface area contributed by atoms with Crippen LogP contribution in [-0.4, -0.2) is 0 Å². The first-order valence-electron chi connectivity index (χ1n) is 6.34. The van der Waals surface area contributed by atoms with Crippen LogP contribution in [0.4, 0.5) is 0 Å². The van der Waals surface area contributed by atoms with Crippen molar-refractivity contribution in [3.05, 3.63) is 78.4 Å². The summed E-state index contributed by atoms with van der Waals surface area (Å²) in [6.45, 7) is 11.5. The van der Waals surface area contributed by atoms with Crippen molar-refractivity contribution in [1.29, 1.82) is 0 Å². The maximum Gasteiger partial charge on any atom is 0.0254 e. The lowest BCUT2D eigenvalue weighted by atomic mass is 9.96. The highest BCUT2D eigenvalue weighted by molar-refractivity contribution is 5.74. The molecule has 2 aromatic rings. The molecule has 0 aromatic heterocycles. The van der Waals surface area contributed by atoms with Crippen molar-refractivity contribution in [2.24, 2.45) is 0 Å². The van der Waals surface area contributed by atoms with Gasteiger partial charge in [-0.2, -0.15) is 0 Å². The third-order valence-corrected chi connectivity index (χ3v) is 3.14. The maximum absolute atomic E-state index is 5.52. The molecule has 0 saturated carbocycles. The molecule has 96 valence electrons. The van der Waals surface area contributed by atoms with E-state index < -0.39 is 0 Å². The molecule has 0 nitrogen and oxygen atoms in total. The first-order valence-corrected chi connectivity index (χ1v) is 6.34. The first-order chi connectivity index (χ1) is 9.69. The number of benzene rings is 2. The van der Waals surface area contributed by atoms with Gasteiger partial charge in [0.2, 0.25) is 0 Å². The first kappa shape index (κ1) is 13.6. The van der Waals surface area contributed by atoms with Crippen LogP contribution in [0.15, 0.2) is 56.1 Å². The molecular weight excluding hydrogens is 240 g/mol. The zero-order valence-corrected chi connectivity index (χ0v) is 11.4. The Morgan fingerprint density at radius 3 is 1.60 bits per heavy atom. The molecule has 0 unspecified atom stereocenters. The topological polar surface area (TPSA) is 0 Å². The van der Waals surface area contributed by atoms with Gasteiger partial charge in [-0.3, -0.25) is 0 Å². The second kappa shape index (κ2) is 5.91. The van der Waals surface area contributed by atoms with Crippen molar-refractivity contribution in [2.45, 2.75) is 0 Å². The van der Waals surface area contributed by atoms with E-state index >= 15 is 0 Å². The van der Waals surface area contributed by atoms with Gasteiger partial charge in [0.15, 0.2) is 0 Å². The van der Waals surface area contributed by atoms with Crippen LogP contribution in [0, 0.1) is 12.3 Å². The summed E-state index contributed by atoms with van der Waals surface area (Å²) in [4.78, 5) is 0. The van der Waals surface area contributed by atoms with Gasteiger partial charge >= 0.3 is 0 Å². The fourth-order valence-corrected chi connectivity index (χ4v) is 2.10. The number of hydrogen-bond acceptors (Lipinski definition) is 0. The molecule has 0 N–H and O–H groups in total. The molecule has 0 fully saturated rings. The van der Waals surface area contributed by atoms with E-state index in [1.807, 2.05) is 30.4 Å². The summed E-state index contributed by atoms with van der Waals surface area (Å²) in [7, 11) is 0. The van der Waals surface area contributed by atoms with Crippen molar-refractivity contribution in [2.75, 3.05) is 0 Å². The summed E-state index contributed by atoms with van der Waals surface area (Å²) in [5.74, 6) is 2.68. The molecule has 20 heavy (non-hydrogen) atoms. The van der Waals surface area contributed by atoms with Crippen LogP contribution in [0.5, 0.6) is 0 Å². The zero-order valence-electron chi connectivity index (χ0n) is 11.4. The predicted molar refractivity (Wildman–Crippen MR) is 90.1 cm³/mol. The molecule has 0 radical (unpaired) electrons. The molecule has 2 rings (SSSR count). The number of terminal acetylenes is 1. The summed E-state index contributed by atoms with van der Waals surface area (Å²) in [6.07, 6.45) is 11.0. The smallest absolute Gasteiger partial charge is 0.0254 e. The zero-order chi connectivity index (χ0) is 14.5. The molecule has 0 bridgehead atoms. The Morgan fingerprint density at radius 2 is 1.15 bits per heavy atom. The quantitative estimate of drug-likeness (QED) is 0.654. The average Bonchev–Trinajstić information content (AvgIpc) is 2.53. The molecule has 0 amide bonds. The standard InChI is InChI=1S/C20H16/c1-5-15-9-16(6-2)12-19(11-15)20-13-17(7-3)10-18(8-4)14-20/h1,6-14H,2-4H2. The minimum atomic E-state index is 0.849. The summed E-state index contributed by atoms with van der Waals surface area (Å²) < 4.78 is 0. The lowest BCUT2D eigenvalue weighted by Crippen LogP contribution is -1.86. The SMILES string of the molecule is C#Cc1cc(C=C)cc(-c2cc(C=C)cc(C=C)c2)c1. The monoisotopic (exact) mass is 256 g/mol. The van der Waals surface area contributed by atoms with E-state index in [0.29, 0.717) is 0 Å². The van der Waals surface area contributed by atoms with Crippen LogP contribution in [0.2, 0.25) is 0 Å². The average molecular weight is 256 g/mol. The van der Waals surface area contributed by atoms with E-state index in [-0.39, 0.29) is 0 Å². The Hall–Kier alpha value is -2.78. The molecule has 0 saturated heterocycles. The van der Waals surface area contributed by atoms with E-state index in [1.54, 1.807) is 6.08 Å². The summed E-state index contributed by atoms with van der Waals surface area (Å²) >= 11 is 0. The van der Waals surface area contributed by atoms with E-state index in [0.717, 1.165) is 33.4 Å². The molecule has 0 aliphatic rings. The molecule has 0 heteroatoms. The summed E-state index contributed by atoms with van der Waals surface area (Å²) in [5, 5.41) is 0. The lowest BCUT2D eigenvalue weighted by Gasteiger charge is -2.08. The number of hydrogen-bond donors (Lipinski definition) is 0. The third kappa shape index (κ3) is 2.79. The van der Waals surface area contributed by atoms with Crippen LogP contribution in [0.1, 0.15) is 22.3 Å². The normalized spacial score (nSPS) is 9.55. The van der Waals surface area contributed by atoms with E-state index in [9.17, 15) is 0 Å². The molecule has 0 spiro atoms. The van der Waals surface area contributed by atoms with Gasteiger partial charge in [-0.05, 0) is 64.2 Å². The van der Waals surface area contributed by atoms with Crippen molar-refractivity contribution >= 4 is 18.2 Å². The second-order valence-electron chi connectivity index (χ2n) is 4.49. The van der Waals surface area contributed by atoms with Gasteiger partial charge in [-0.15, -0.1) is 6.42 Å². The largest absolute Gasteiger partial charge is 0.115 e. The second-order valence-corrected chi connectivity index (χ2v) is 4.49. The summed E-state index contributed by atoms with van der Waals surface area (Å²) in [6, 6.07) is 12.2. The fourth-order valence-electron chi connectivity index (χ4n) is 2.10. The van der Waals surface area contributed by atoms with Crippen LogP contribution in [-0.2, 0) is 0 Å². The molecule has 0 aliphatic heterocycles. The highest BCUT2D eigenvalue weighted by atomic mass is 14.1. The van der Waals surface area contributed by atoms with E-state index in [2.05, 4.69) is 43.9 Å². The van der Waals surface area contributed by atoms with E-state index in [4.69, 9.17) is 6.42 Å². The molecule has 0 aliphatic carbocycles. The van der Waals surface area contributed by atoms with Gasteiger partial charge in [0, 0.05) is 5.56 Å². The van der Waals surface area contributed by atoms with Crippen molar-refractivity contribution in [3.63, 3.8) is 0 Å². The Labute approximate surface area is 120 Å². The number of rotatable bonds is 4. The van der Waals surface area contributed by atoms with Crippen LogP contribution in [0.3, 0.4) is 0 Å².